The van der Waals surface area contributed by atoms with E-state index in [1.54, 1.807) is 6.07 Å². The van der Waals surface area contributed by atoms with Gasteiger partial charge in [0.1, 0.15) is 0 Å². The molecular weight excluding hydrogens is 419 g/mol. The molecular formula is C24H32F3N3O2. The van der Waals surface area contributed by atoms with Gasteiger partial charge in [0.15, 0.2) is 0 Å². The van der Waals surface area contributed by atoms with Crippen molar-refractivity contribution in [2.75, 3.05) is 44.2 Å². The van der Waals surface area contributed by atoms with Gasteiger partial charge in [0, 0.05) is 51.3 Å². The maximum Gasteiger partial charge on any atom is 0.416 e. The van der Waals surface area contributed by atoms with Crippen molar-refractivity contribution in [2.45, 2.75) is 57.5 Å². The lowest BCUT2D eigenvalue weighted by molar-refractivity contribution is -0.153. The Bertz CT molecular complexity index is 808. The number of amides is 2. The van der Waals surface area contributed by atoms with E-state index in [0.717, 1.165) is 64.2 Å². The predicted octanol–water partition coefficient (Wildman–Crippen LogP) is 4.32. The first-order chi connectivity index (χ1) is 15.3. The number of piperidine rings is 1. The molecule has 32 heavy (non-hydrogen) atoms. The number of unbranched alkanes of at least 4 members (excludes halogenated alkanes) is 1. The van der Waals surface area contributed by atoms with Crippen molar-refractivity contribution in [1.29, 1.82) is 0 Å². The number of halogens is 3. The van der Waals surface area contributed by atoms with E-state index in [-0.39, 0.29) is 17.2 Å². The van der Waals surface area contributed by atoms with Crippen molar-refractivity contribution in [3.8, 4) is 0 Å². The van der Waals surface area contributed by atoms with E-state index in [2.05, 4.69) is 4.90 Å². The molecule has 1 saturated carbocycles. The molecule has 0 radical (unpaired) electrons. The van der Waals surface area contributed by atoms with Crippen LogP contribution in [0.2, 0.25) is 0 Å². The minimum absolute atomic E-state index is 0.00199. The Morgan fingerprint density at radius 2 is 1.50 bits per heavy atom. The van der Waals surface area contributed by atoms with Gasteiger partial charge in [-0.25, -0.2) is 0 Å². The molecule has 1 aromatic carbocycles. The van der Waals surface area contributed by atoms with Crippen LogP contribution in [-0.4, -0.2) is 60.9 Å². The first-order valence-corrected chi connectivity index (χ1v) is 11.7. The molecule has 5 nitrogen and oxygen atoms in total. The quantitative estimate of drug-likeness (QED) is 0.477. The molecule has 4 rings (SSSR count). The Morgan fingerprint density at radius 3 is 2.12 bits per heavy atom. The van der Waals surface area contributed by atoms with Gasteiger partial charge < -0.3 is 4.90 Å². The third-order valence-corrected chi connectivity index (χ3v) is 7.34. The summed E-state index contributed by atoms with van der Waals surface area (Å²) < 4.78 is 38.9. The number of likely N-dealkylation sites (tertiary alicyclic amines) is 1. The zero-order valence-electron chi connectivity index (χ0n) is 18.5. The first kappa shape index (κ1) is 23.1. The van der Waals surface area contributed by atoms with Gasteiger partial charge in [-0.3, -0.25) is 19.4 Å². The van der Waals surface area contributed by atoms with Gasteiger partial charge in [0.05, 0.1) is 5.56 Å². The summed E-state index contributed by atoms with van der Waals surface area (Å²) in [5.41, 5.74) is -0.0519. The highest BCUT2D eigenvalue weighted by Gasteiger charge is 2.44. The van der Waals surface area contributed by atoms with Gasteiger partial charge in [0.25, 0.3) is 0 Å². The van der Waals surface area contributed by atoms with Crippen LogP contribution in [0.25, 0.3) is 0 Å². The minimum Gasteiger partial charge on any atom is -0.369 e. The largest absolute Gasteiger partial charge is 0.416 e. The Balaban J connectivity index is 1.18. The Kier molecular flexibility index (Phi) is 6.79. The van der Waals surface area contributed by atoms with E-state index >= 15 is 0 Å². The lowest BCUT2D eigenvalue weighted by atomic mass is 9.76. The van der Waals surface area contributed by atoms with Crippen LogP contribution in [0.1, 0.15) is 56.9 Å². The van der Waals surface area contributed by atoms with Crippen LogP contribution < -0.4 is 4.90 Å². The van der Waals surface area contributed by atoms with Crippen LogP contribution in [0.4, 0.5) is 18.9 Å². The number of hydrogen-bond donors (Lipinski definition) is 0. The van der Waals surface area contributed by atoms with E-state index in [0.29, 0.717) is 38.2 Å². The lowest BCUT2D eigenvalue weighted by Crippen LogP contribution is -2.48. The summed E-state index contributed by atoms with van der Waals surface area (Å²) in [6.45, 7) is 4.33. The van der Waals surface area contributed by atoms with Crippen LogP contribution >= 0.6 is 0 Å². The second-order valence-electron chi connectivity index (χ2n) is 9.58. The molecule has 3 aliphatic rings. The Morgan fingerprint density at radius 1 is 0.875 bits per heavy atom. The monoisotopic (exact) mass is 451 g/mol. The fraction of sp³-hybridized carbons (Fsp3) is 0.667. The van der Waals surface area contributed by atoms with Crippen LogP contribution in [0.15, 0.2) is 24.3 Å². The molecule has 0 unspecified atom stereocenters. The van der Waals surface area contributed by atoms with Gasteiger partial charge in [-0.05, 0) is 55.8 Å². The molecule has 1 spiro atoms. The summed E-state index contributed by atoms with van der Waals surface area (Å²) in [4.78, 5) is 30.8. The maximum absolute atomic E-state index is 13.0. The highest BCUT2D eigenvalue weighted by Crippen LogP contribution is 2.46. The van der Waals surface area contributed by atoms with Crippen molar-refractivity contribution in [3.05, 3.63) is 29.8 Å². The molecule has 2 aliphatic heterocycles. The molecule has 176 valence electrons. The number of rotatable bonds is 6. The molecule has 1 aliphatic carbocycles. The molecule has 8 heteroatoms. The van der Waals surface area contributed by atoms with Crippen molar-refractivity contribution in [1.82, 2.24) is 9.80 Å². The van der Waals surface area contributed by atoms with Gasteiger partial charge in [-0.2, -0.15) is 13.2 Å². The van der Waals surface area contributed by atoms with Gasteiger partial charge in [0.2, 0.25) is 11.8 Å². The first-order valence-electron chi connectivity index (χ1n) is 11.7. The third-order valence-electron chi connectivity index (χ3n) is 7.34. The zero-order chi connectivity index (χ0) is 22.8. The molecule has 2 heterocycles. The van der Waals surface area contributed by atoms with Gasteiger partial charge in [-0.15, -0.1) is 0 Å². The molecule has 0 bridgehead atoms. The van der Waals surface area contributed by atoms with Crippen molar-refractivity contribution < 1.29 is 22.8 Å². The molecule has 2 amide bonds. The smallest absolute Gasteiger partial charge is 0.369 e. The number of benzene rings is 1. The van der Waals surface area contributed by atoms with E-state index in [1.807, 2.05) is 4.90 Å². The second-order valence-corrected chi connectivity index (χ2v) is 9.58. The van der Waals surface area contributed by atoms with E-state index < -0.39 is 11.7 Å². The number of anilines is 1. The average molecular weight is 452 g/mol. The topological polar surface area (TPSA) is 43.9 Å². The lowest BCUT2D eigenvalue weighted by Gasteiger charge is -2.38. The van der Waals surface area contributed by atoms with Crippen LogP contribution in [0, 0.1) is 5.41 Å². The van der Waals surface area contributed by atoms with Crippen molar-refractivity contribution in [2.24, 2.45) is 5.41 Å². The Labute approximate surface area is 187 Å². The van der Waals surface area contributed by atoms with Crippen LogP contribution in [0.3, 0.4) is 0 Å². The molecule has 0 N–H and O–H groups in total. The fourth-order valence-electron chi connectivity index (χ4n) is 5.48. The summed E-state index contributed by atoms with van der Waals surface area (Å²) in [5.74, 6) is -0.00398. The number of nitrogens with zero attached hydrogens (tertiary/aromatic N) is 3. The number of alkyl halides is 3. The molecule has 1 aromatic rings. The van der Waals surface area contributed by atoms with Gasteiger partial charge >= 0.3 is 6.18 Å². The normalized spacial score (nSPS) is 22.2. The summed E-state index contributed by atoms with van der Waals surface area (Å²) >= 11 is 0. The predicted molar refractivity (Wildman–Crippen MR) is 116 cm³/mol. The highest BCUT2D eigenvalue weighted by atomic mass is 19.4. The standard InChI is InChI=1S/C24H32F3N3O2/c25-24(26,27)19-6-5-7-20(16-19)29-14-12-28(13-15-29)10-3-4-11-30-21(31)17-23(18-22(30)32)8-1-2-9-23/h5-7,16H,1-4,8-15,17-18H2. The van der Waals surface area contributed by atoms with E-state index in [1.165, 1.54) is 17.0 Å². The number of piperazine rings is 1. The van der Waals surface area contributed by atoms with Crippen LogP contribution in [0.5, 0.6) is 0 Å². The minimum atomic E-state index is -4.33. The maximum atomic E-state index is 13.0. The average Bonchev–Trinajstić information content (AvgIpc) is 3.20. The summed E-state index contributed by atoms with van der Waals surface area (Å²) in [6, 6.07) is 5.51. The molecule has 0 atom stereocenters. The number of hydrogen-bond acceptors (Lipinski definition) is 4. The number of carbonyl (C=O) groups excluding carboxylic acids is 2. The molecule has 2 saturated heterocycles. The number of carbonyl (C=O) groups is 2. The van der Waals surface area contributed by atoms with Crippen LogP contribution in [-0.2, 0) is 15.8 Å². The fourth-order valence-corrected chi connectivity index (χ4v) is 5.48. The number of imide groups is 1. The Hall–Kier alpha value is -2.09. The van der Waals surface area contributed by atoms with E-state index in [4.69, 9.17) is 0 Å². The SMILES string of the molecule is O=C1CC2(CCCC2)CC(=O)N1CCCCN1CCN(c2cccc(C(F)(F)F)c2)CC1. The van der Waals surface area contributed by atoms with Crippen molar-refractivity contribution >= 4 is 17.5 Å². The second kappa shape index (κ2) is 9.41. The molecule has 0 aromatic heterocycles. The third kappa shape index (κ3) is 5.27. The van der Waals surface area contributed by atoms with Gasteiger partial charge in [-0.1, -0.05) is 18.9 Å². The molecule has 3 fully saturated rings. The zero-order valence-corrected chi connectivity index (χ0v) is 18.5. The summed E-state index contributed by atoms with van der Waals surface area (Å²) in [5, 5.41) is 0. The summed E-state index contributed by atoms with van der Waals surface area (Å²) in [6.07, 6.45) is 2.67. The van der Waals surface area contributed by atoms with Crippen molar-refractivity contribution in [3.63, 3.8) is 0 Å². The highest BCUT2D eigenvalue weighted by molar-refractivity contribution is 5.98. The van der Waals surface area contributed by atoms with E-state index in [9.17, 15) is 22.8 Å². The summed E-state index contributed by atoms with van der Waals surface area (Å²) in [7, 11) is 0.